The van der Waals surface area contributed by atoms with Crippen LogP contribution >= 0.6 is 0 Å². The molecule has 3 aromatic rings. The molecule has 0 amide bonds. The summed E-state index contributed by atoms with van der Waals surface area (Å²) in [5.41, 5.74) is 1.64. The molecule has 3 heterocycles. The average molecular weight is 368 g/mol. The third-order valence-corrected chi connectivity index (χ3v) is 5.01. The lowest BCUT2D eigenvalue weighted by Gasteiger charge is -2.36. The van der Waals surface area contributed by atoms with Gasteiger partial charge in [0.25, 0.3) is 0 Å². The van der Waals surface area contributed by atoms with Gasteiger partial charge in [-0.15, -0.1) is 15.3 Å². The van der Waals surface area contributed by atoms with Crippen LogP contribution in [0.25, 0.3) is 5.65 Å². The molecule has 8 nitrogen and oxygen atoms in total. The average Bonchev–Trinajstić information content (AvgIpc) is 3.09. The molecular formula is C19H24N6O2. The van der Waals surface area contributed by atoms with Crippen molar-refractivity contribution in [2.75, 3.05) is 44.7 Å². The number of aliphatic hydroxyl groups is 1. The molecule has 1 fully saturated rings. The zero-order chi connectivity index (χ0) is 18.8. The van der Waals surface area contributed by atoms with E-state index in [4.69, 9.17) is 4.74 Å². The quantitative estimate of drug-likeness (QED) is 0.727. The lowest BCUT2D eigenvalue weighted by atomic mass is 10.1. The van der Waals surface area contributed by atoms with Gasteiger partial charge in [-0.05, 0) is 36.8 Å². The van der Waals surface area contributed by atoms with Crippen LogP contribution in [0.4, 0.5) is 5.82 Å². The summed E-state index contributed by atoms with van der Waals surface area (Å²) in [5.74, 6) is 2.48. The summed E-state index contributed by atoms with van der Waals surface area (Å²) in [6.45, 7) is 5.99. The Balaban J connectivity index is 1.37. The monoisotopic (exact) mass is 368 g/mol. The predicted octanol–water partition coefficient (Wildman–Crippen LogP) is 1.30. The van der Waals surface area contributed by atoms with Crippen LogP contribution in [0.2, 0.25) is 0 Å². The molecule has 1 aromatic carbocycles. The molecule has 1 N–H and O–H groups in total. The number of benzene rings is 1. The highest BCUT2D eigenvalue weighted by Gasteiger charge is 2.21. The van der Waals surface area contributed by atoms with Gasteiger partial charge in [0.15, 0.2) is 11.5 Å². The third-order valence-electron chi connectivity index (χ3n) is 5.01. The second kappa shape index (κ2) is 7.50. The van der Waals surface area contributed by atoms with Crippen molar-refractivity contribution >= 4 is 11.5 Å². The number of ether oxygens (including phenoxy) is 1. The van der Waals surface area contributed by atoms with E-state index >= 15 is 0 Å². The van der Waals surface area contributed by atoms with Crippen molar-refractivity contribution < 1.29 is 9.84 Å². The molecule has 1 saturated heterocycles. The number of hydrogen-bond acceptors (Lipinski definition) is 7. The van der Waals surface area contributed by atoms with E-state index in [0.29, 0.717) is 6.54 Å². The van der Waals surface area contributed by atoms with E-state index in [2.05, 4.69) is 25.1 Å². The fourth-order valence-corrected chi connectivity index (χ4v) is 3.41. The molecule has 0 aliphatic carbocycles. The number of methoxy groups -OCH3 is 1. The van der Waals surface area contributed by atoms with Gasteiger partial charge in [0.2, 0.25) is 0 Å². The first-order chi connectivity index (χ1) is 13.1. The molecule has 0 bridgehead atoms. The molecule has 4 rings (SSSR count). The zero-order valence-corrected chi connectivity index (χ0v) is 15.6. The fourth-order valence-electron chi connectivity index (χ4n) is 3.41. The number of aryl methyl sites for hydroxylation is 1. The smallest absolute Gasteiger partial charge is 0.178 e. The van der Waals surface area contributed by atoms with Crippen molar-refractivity contribution in [2.24, 2.45) is 0 Å². The molecule has 1 aliphatic rings. The molecule has 1 aliphatic heterocycles. The van der Waals surface area contributed by atoms with Crippen LogP contribution in [0.15, 0.2) is 36.4 Å². The second-order valence-corrected chi connectivity index (χ2v) is 6.79. The van der Waals surface area contributed by atoms with Crippen LogP contribution in [0.1, 0.15) is 17.5 Å². The molecular weight excluding hydrogens is 344 g/mol. The minimum atomic E-state index is -0.527. The first-order valence-corrected chi connectivity index (χ1v) is 9.12. The lowest BCUT2D eigenvalue weighted by Crippen LogP contribution is -2.48. The van der Waals surface area contributed by atoms with Crippen LogP contribution < -0.4 is 9.64 Å². The standard InChI is InChI=1S/C19H24N6O2/c1-14-20-21-18-6-7-19(22-25(14)18)24-10-8-23(9-11-24)13-17(26)15-4-3-5-16(12-15)27-2/h3-7,12,17,26H,8-11,13H2,1-2H3. The molecule has 142 valence electrons. The highest BCUT2D eigenvalue weighted by molar-refractivity contribution is 5.46. The number of fused-ring (bicyclic) bond motifs is 1. The van der Waals surface area contributed by atoms with E-state index in [-0.39, 0.29) is 0 Å². The van der Waals surface area contributed by atoms with Gasteiger partial charge >= 0.3 is 0 Å². The van der Waals surface area contributed by atoms with Gasteiger partial charge in [0, 0.05) is 32.7 Å². The van der Waals surface area contributed by atoms with Crippen molar-refractivity contribution in [3.8, 4) is 5.75 Å². The van der Waals surface area contributed by atoms with Gasteiger partial charge in [0.05, 0.1) is 13.2 Å². The summed E-state index contributed by atoms with van der Waals surface area (Å²) < 4.78 is 7.01. The van der Waals surface area contributed by atoms with Gasteiger partial charge < -0.3 is 14.7 Å². The van der Waals surface area contributed by atoms with Gasteiger partial charge in [-0.3, -0.25) is 4.90 Å². The van der Waals surface area contributed by atoms with E-state index < -0.39 is 6.10 Å². The van der Waals surface area contributed by atoms with Gasteiger partial charge in [0.1, 0.15) is 11.6 Å². The maximum Gasteiger partial charge on any atom is 0.178 e. The summed E-state index contributed by atoms with van der Waals surface area (Å²) in [4.78, 5) is 4.54. The van der Waals surface area contributed by atoms with Crippen LogP contribution in [-0.2, 0) is 0 Å². The van der Waals surface area contributed by atoms with Crippen molar-refractivity contribution in [3.05, 3.63) is 47.8 Å². The molecule has 0 spiro atoms. The summed E-state index contributed by atoms with van der Waals surface area (Å²) in [5, 5.41) is 23.3. The van der Waals surface area contributed by atoms with E-state index in [9.17, 15) is 5.11 Å². The summed E-state index contributed by atoms with van der Waals surface area (Å²) >= 11 is 0. The van der Waals surface area contributed by atoms with Crippen LogP contribution in [0.3, 0.4) is 0 Å². The minimum Gasteiger partial charge on any atom is -0.497 e. The Morgan fingerprint density at radius 3 is 2.70 bits per heavy atom. The summed E-state index contributed by atoms with van der Waals surface area (Å²) in [6.07, 6.45) is -0.527. The topological polar surface area (TPSA) is 79.0 Å². The number of rotatable bonds is 5. The van der Waals surface area contributed by atoms with Crippen LogP contribution in [-0.4, -0.2) is 69.7 Å². The molecule has 27 heavy (non-hydrogen) atoms. The highest BCUT2D eigenvalue weighted by atomic mass is 16.5. The third kappa shape index (κ3) is 3.72. The fraction of sp³-hybridized carbons (Fsp3) is 0.421. The molecule has 0 saturated carbocycles. The molecule has 1 atom stereocenters. The van der Waals surface area contributed by atoms with Gasteiger partial charge in [-0.25, -0.2) is 0 Å². The maximum atomic E-state index is 10.6. The highest BCUT2D eigenvalue weighted by Crippen LogP contribution is 2.21. The normalized spacial score (nSPS) is 16.6. The van der Waals surface area contributed by atoms with Crippen molar-refractivity contribution in [1.29, 1.82) is 0 Å². The summed E-state index contributed by atoms with van der Waals surface area (Å²) in [7, 11) is 1.64. The van der Waals surface area contributed by atoms with E-state index in [1.54, 1.807) is 11.6 Å². The Kier molecular flexibility index (Phi) is 4.91. The lowest BCUT2D eigenvalue weighted by molar-refractivity contribution is 0.109. The van der Waals surface area contributed by atoms with Crippen LogP contribution in [0, 0.1) is 6.92 Å². The maximum absolute atomic E-state index is 10.6. The number of aromatic nitrogens is 4. The zero-order valence-electron chi connectivity index (χ0n) is 15.6. The van der Waals surface area contributed by atoms with Crippen LogP contribution in [0.5, 0.6) is 5.75 Å². The largest absolute Gasteiger partial charge is 0.497 e. The van der Waals surface area contributed by atoms with E-state index in [1.807, 2.05) is 43.3 Å². The Morgan fingerprint density at radius 2 is 1.93 bits per heavy atom. The number of hydrogen-bond donors (Lipinski definition) is 1. The van der Waals surface area contributed by atoms with Crippen molar-refractivity contribution in [3.63, 3.8) is 0 Å². The molecule has 1 unspecified atom stereocenters. The number of anilines is 1. The SMILES string of the molecule is COc1cccc(C(O)CN2CCN(c3ccc4nnc(C)n4n3)CC2)c1. The van der Waals surface area contributed by atoms with Crippen molar-refractivity contribution in [1.82, 2.24) is 24.7 Å². The molecule has 2 aromatic heterocycles. The van der Waals surface area contributed by atoms with E-state index in [1.165, 1.54) is 0 Å². The first kappa shape index (κ1) is 17.7. The molecule has 0 radical (unpaired) electrons. The molecule has 8 heteroatoms. The first-order valence-electron chi connectivity index (χ1n) is 9.12. The number of aliphatic hydroxyl groups excluding tert-OH is 1. The predicted molar refractivity (Wildman–Crippen MR) is 102 cm³/mol. The Morgan fingerprint density at radius 1 is 1.11 bits per heavy atom. The van der Waals surface area contributed by atoms with E-state index in [0.717, 1.165) is 54.8 Å². The minimum absolute atomic E-state index is 0.527. The van der Waals surface area contributed by atoms with Gasteiger partial charge in [-0.2, -0.15) is 4.52 Å². The van der Waals surface area contributed by atoms with Gasteiger partial charge in [-0.1, -0.05) is 12.1 Å². The Labute approximate surface area is 158 Å². The van der Waals surface area contributed by atoms with Crippen molar-refractivity contribution in [2.45, 2.75) is 13.0 Å². The Hall–Kier alpha value is -2.71. The Bertz CT molecular complexity index is 919. The number of nitrogens with zero attached hydrogens (tertiary/aromatic N) is 6. The summed E-state index contributed by atoms with van der Waals surface area (Å²) in [6, 6.07) is 11.6. The second-order valence-electron chi connectivity index (χ2n) is 6.79. The number of piperazine rings is 1. The number of β-amino-alcohol motifs (C(OH)–C–C–N with tert-alkyl or cyclic N) is 1.